The smallest absolute Gasteiger partial charge is 0.269 e. The second-order valence-corrected chi connectivity index (χ2v) is 10.6. The summed E-state index contributed by atoms with van der Waals surface area (Å²) in [5.74, 6) is 5.68. The van der Waals surface area contributed by atoms with Gasteiger partial charge in [0.2, 0.25) is 0 Å². The van der Waals surface area contributed by atoms with Crippen molar-refractivity contribution in [2.24, 2.45) is 23.7 Å². The summed E-state index contributed by atoms with van der Waals surface area (Å²) in [6.07, 6.45) is 6.85. The van der Waals surface area contributed by atoms with Gasteiger partial charge in [-0.3, -0.25) is 14.7 Å². The lowest BCUT2D eigenvalue weighted by atomic mass is 9.51. The van der Waals surface area contributed by atoms with Gasteiger partial charge in [-0.05, 0) is 73.5 Å². The number of nitro benzene ring substituents is 1. The predicted molar refractivity (Wildman–Crippen MR) is 124 cm³/mol. The van der Waals surface area contributed by atoms with Crippen LogP contribution in [0.1, 0.15) is 49.4 Å². The van der Waals surface area contributed by atoms with E-state index in [0.717, 1.165) is 45.9 Å². The number of hydrogen-bond donors (Lipinski definition) is 0. The Labute approximate surface area is 191 Å². The molecule has 1 heterocycles. The molecule has 4 bridgehead atoms. The Morgan fingerprint density at radius 3 is 2.19 bits per heavy atom. The van der Waals surface area contributed by atoms with Crippen LogP contribution >= 0.6 is 11.8 Å². The van der Waals surface area contributed by atoms with Crippen LogP contribution in [0.15, 0.2) is 59.8 Å². The zero-order valence-electron chi connectivity index (χ0n) is 17.8. The van der Waals surface area contributed by atoms with Gasteiger partial charge in [0.15, 0.2) is 5.16 Å². The van der Waals surface area contributed by atoms with Gasteiger partial charge < -0.3 is 0 Å². The summed E-state index contributed by atoms with van der Waals surface area (Å²) in [6.45, 7) is 0. The summed E-state index contributed by atoms with van der Waals surface area (Å²) >= 11 is 1.65. The minimum atomic E-state index is -0.361. The molecule has 0 amide bonds. The zero-order valence-corrected chi connectivity index (χ0v) is 18.7. The molecule has 7 heteroatoms. The Morgan fingerprint density at radius 2 is 1.56 bits per heavy atom. The second-order valence-electron chi connectivity index (χ2n) is 9.68. The molecule has 0 spiro atoms. The van der Waals surface area contributed by atoms with E-state index in [4.69, 9.17) is 5.10 Å². The zero-order chi connectivity index (χ0) is 21.7. The Hall–Kier alpha value is -2.67. The molecule has 1 aromatic heterocycles. The van der Waals surface area contributed by atoms with E-state index in [-0.39, 0.29) is 10.6 Å². The summed E-state index contributed by atoms with van der Waals surface area (Å²) in [7, 11) is 0. The van der Waals surface area contributed by atoms with E-state index in [0.29, 0.717) is 11.7 Å². The fraction of sp³-hybridized carbons (Fsp3) is 0.440. The van der Waals surface area contributed by atoms with Gasteiger partial charge in [-0.15, -0.1) is 10.2 Å². The topological polar surface area (TPSA) is 73.8 Å². The summed E-state index contributed by atoms with van der Waals surface area (Å²) < 4.78 is 2.28. The van der Waals surface area contributed by atoms with Crippen LogP contribution in [0.4, 0.5) is 5.69 Å². The van der Waals surface area contributed by atoms with E-state index in [1.165, 1.54) is 32.1 Å². The number of nitro groups is 1. The first-order valence-electron chi connectivity index (χ1n) is 11.5. The van der Waals surface area contributed by atoms with Crippen molar-refractivity contribution in [1.82, 2.24) is 14.8 Å². The van der Waals surface area contributed by atoms with Crippen LogP contribution in [0, 0.1) is 33.8 Å². The summed E-state index contributed by atoms with van der Waals surface area (Å²) in [6, 6.07) is 17.2. The summed E-state index contributed by atoms with van der Waals surface area (Å²) in [4.78, 5) is 10.6. The van der Waals surface area contributed by atoms with E-state index in [1.54, 1.807) is 23.9 Å². The van der Waals surface area contributed by atoms with E-state index >= 15 is 0 Å². The average Bonchev–Trinajstić information content (AvgIpc) is 3.21. The Morgan fingerprint density at radius 1 is 0.906 bits per heavy atom. The summed E-state index contributed by atoms with van der Waals surface area (Å²) in [5.41, 5.74) is 2.28. The van der Waals surface area contributed by atoms with E-state index < -0.39 is 0 Å². The number of rotatable bonds is 6. The van der Waals surface area contributed by atoms with Crippen LogP contribution in [0.5, 0.6) is 0 Å². The molecule has 6 nitrogen and oxygen atoms in total. The van der Waals surface area contributed by atoms with Gasteiger partial charge >= 0.3 is 0 Å². The Bertz CT molecular complexity index is 1100. The monoisotopic (exact) mass is 446 g/mol. The average molecular weight is 447 g/mol. The fourth-order valence-electron chi connectivity index (χ4n) is 6.62. The number of non-ortho nitro benzene ring substituents is 1. The Balaban J connectivity index is 1.31. The maximum Gasteiger partial charge on any atom is 0.269 e. The van der Waals surface area contributed by atoms with Crippen LogP contribution in [0.2, 0.25) is 0 Å². The number of thioether (sulfide) groups is 1. The molecule has 0 saturated heterocycles. The Kier molecular flexibility index (Phi) is 5.01. The quantitative estimate of drug-likeness (QED) is 0.263. The molecule has 4 saturated carbocycles. The highest BCUT2D eigenvalue weighted by Gasteiger charge is 2.50. The van der Waals surface area contributed by atoms with Crippen molar-refractivity contribution in [3.8, 4) is 5.69 Å². The van der Waals surface area contributed by atoms with Crippen molar-refractivity contribution in [2.75, 3.05) is 0 Å². The number of benzene rings is 2. The molecule has 164 valence electrons. The van der Waals surface area contributed by atoms with Crippen molar-refractivity contribution in [1.29, 1.82) is 0 Å². The largest absolute Gasteiger partial charge is 0.274 e. The molecule has 2 aromatic carbocycles. The molecular weight excluding hydrogens is 420 g/mol. The van der Waals surface area contributed by atoms with E-state index in [9.17, 15) is 10.1 Å². The van der Waals surface area contributed by atoms with Crippen LogP contribution in [-0.4, -0.2) is 19.7 Å². The van der Waals surface area contributed by atoms with Crippen molar-refractivity contribution in [2.45, 2.75) is 48.9 Å². The highest BCUT2D eigenvalue weighted by atomic mass is 32.2. The molecule has 0 unspecified atom stereocenters. The molecule has 4 aliphatic carbocycles. The molecule has 0 N–H and O–H groups in total. The molecule has 7 rings (SSSR count). The minimum Gasteiger partial charge on any atom is -0.274 e. The van der Waals surface area contributed by atoms with Gasteiger partial charge in [0.1, 0.15) is 5.82 Å². The third-order valence-electron chi connectivity index (χ3n) is 7.71. The van der Waals surface area contributed by atoms with Gasteiger partial charge in [0, 0.05) is 29.5 Å². The number of para-hydroxylation sites is 1. The lowest BCUT2D eigenvalue weighted by Crippen LogP contribution is -2.44. The van der Waals surface area contributed by atoms with Gasteiger partial charge in [0.05, 0.1) is 4.92 Å². The standard InChI is InChI=1S/C25H26N4O2S/c30-29(31)22-8-6-16(7-9-22)15-32-25-27-26-24(28(25)21-4-2-1-3-5-21)23-19-11-17-10-18(13-19)14-20(23)12-17/h1-9,17-20,23H,10-15H2. The van der Waals surface area contributed by atoms with Crippen molar-refractivity contribution < 1.29 is 4.92 Å². The first-order valence-corrected chi connectivity index (χ1v) is 12.5. The van der Waals surface area contributed by atoms with E-state index in [1.807, 2.05) is 18.2 Å². The molecular formula is C25H26N4O2S. The van der Waals surface area contributed by atoms with Gasteiger partial charge in [-0.2, -0.15) is 0 Å². The molecule has 0 radical (unpaired) electrons. The third kappa shape index (κ3) is 3.52. The second kappa shape index (κ2) is 8.03. The van der Waals surface area contributed by atoms with Gasteiger partial charge in [0.25, 0.3) is 5.69 Å². The molecule has 0 aliphatic heterocycles. The van der Waals surface area contributed by atoms with Crippen LogP contribution < -0.4 is 0 Å². The maximum atomic E-state index is 10.9. The highest BCUT2D eigenvalue weighted by Crippen LogP contribution is 2.59. The lowest BCUT2D eigenvalue weighted by molar-refractivity contribution is -0.384. The van der Waals surface area contributed by atoms with Crippen LogP contribution in [0.3, 0.4) is 0 Å². The highest BCUT2D eigenvalue weighted by molar-refractivity contribution is 7.98. The van der Waals surface area contributed by atoms with Crippen molar-refractivity contribution >= 4 is 17.4 Å². The first-order chi connectivity index (χ1) is 15.7. The lowest BCUT2D eigenvalue weighted by Gasteiger charge is -2.54. The number of aromatic nitrogens is 3. The van der Waals surface area contributed by atoms with Gasteiger partial charge in [-0.25, -0.2) is 0 Å². The molecule has 0 atom stereocenters. The maximum absolute atomic E-state index is 10.9. The molecule has 4 fully saturated rings. The number of hydrogen-bond acceptors (Lipinski definition) is 5. The van der Waals surface area contributed by atoms with Gasteiger partial charge in [-0.1, -0.05) is 42.1 Å². The fourth-order valence-corrected chi connectivity index (χ4v) is 7.53. The number of nitrogens with zero attached hydrogens (tertiary/aromatic N) is 4. The first kappa shape index (κ1) is 20.0. The molecule has 32 heavy (non-hydrogen) atoms. The van der Waals surface area contributed by atoms with Crippen LogP contribution in [0.25, 0.3) is 5.69 Å². The van der Waals surface area contributed by atoms with Crippen LogP contribution in [-0.2, 0) is 5.75 Å². The normalized spacial score (nSPS) is 28.2. The SMILES string of the molecule is O=[N+]([O-])c1ccc(CSc2nnc(C3C4CC5CC(C4)CC3C5)n2-c2ccccc2)cc1. The van der Waals surface area contributed by atoms with Crippen molar-refractivity contribution in [3.63, 3.8) is 0 Å². The van der Waals surface area contributed by atoms with E-state index in [2.05, 4.69) is 33.9 Å². The molecule has 4 aliphatic rings. The predicted octanol–water partition coefficient (Wildman–Crippen LogP) is 6.01. The van der Waals surface area contributed by atoms with Crippen molar-refractivity contribution in [3.05, 3.63) is 76.1 Å². The molecule has 3 aromatic rings. The summed E-state index contributed by atoms with van der Waals surface area (Å²) in [5, 5.41) is 21.3. The third-order valence-corrected chi connectivity index (χ3v) is 8.71. The minimum absolute atomic E-state index is 0.121.